The Hall–Kier alpha value is -0.0800. The summed E-state index contributed by atoms with van der Waals surface area (Å²) in [5.74, 6) is 0.989. The Balaban J connectivity index is 1.71. The van der Waals surface area contributed by atoms with Gasteiger partial charge in [-0.2, -0.15) is 0 Å². The van der Waals surface area contributed by atoms with Gasteiger partial charge in [-0.1, -0.05) is 25.7 Å². The van der Waals surface area contributed by atoms with E-state index in [1.165, 1.54) is 58.2 Å². The van der Waals surface area contributed by atoms with Crippen molar-refractivity contribution in [3.63, 3.8) is 0 Å². The molecule has 0 aromatic heterocycles. The minimum absolute atomic E-state index is 0.832. The van der Waals surface area contributed by atoms with E-state index in [2.05, 4.69) is 17.3 Å². The molecule has 0 amide bonds. The quantitative estimate of drug-likeness (QED) is 0.693. The van der Waals surface area contributed by atoms with Crippen molar-refractivity contribution in [2.24, 2.45) is 5.92 Å². The summed E-state index contributed by atoms with van der Waals surface area (Å²) < 4.78 is 0. The van der Waals surface area contributed by atoms with Crippen LogP contribution < -0.4 is 5.32 Å². The summed E-state index contributed by atoms with van der Waals surface area (Å²) in [4.78, 5) is 2.58. The van der Waals surface area contributed by atoms with Crippen LogP contribution in [0.25, 0.3) is 0 Å². The summed E-state index contributed by atoms with van der Waals surface area (Å²) in [5, 5.41) is 3.35. The Bertz CT molecular complexity index is 158. The van der Waals surface area contributed by atoms with Crippen LogP contribution in [0, 0.1) is 5.92 Å². The molecule has 2 aliphatic rings. The van der Waals surface area contributed by atoms with E-state index in [1.807, 2.05) is 0 Å². The van der Waals surface area contributed by atoms with E-state index in [0.29, 0.717) is 0 Å². The first-order chi connectivity index (χ1) is 6.86. The highest BCUT2D eigenvalue weighted by molar-refractivity contribution is 4.84. The summed E-state index contributed by atoms with van der Waals surface area (Å²) in [5.41, 5.74) is 0. The molecule has 0 radical (unpaired) electrons. The molecular weight excluding hydrogens is 172 g/mol. The fourth-order valence-corrected chi connectivity index (χ4v) is 2.69. The second-order valence-electron chi connectivity index (χ2n) is 5.11. The monoisotopic (exact) mass is 196 g/mol. The molecule has 0 spiro atoms. The Morgan fingerprint density at radius 2 is 1.71 bits per heavy atom. The molecule has 1 saturated carbocycles. The fourth-order valence-electron chi connectivity index (χ4n) is 2.69. The summed E-state index contributed by atoms with van der Waals surface area (Å²) in [7, 11) is 2.30. The van der Waals surface area contributed by atoms with Gasteiger partial charge in [-0.05, 0) is 25.8 Å². The molecule has 1 heterocycles. The van der Waals surface area contributed by atoms with E-state index in [4.69, 9.17) is 0 Å². The first-order valence-electron chi connectivity index (χ1n) is 6.27. The third-order valence-electron chi connectivity index (χ3n) is 3.90. The van der Waals surface area contributed by atoms with E-state index < -0.39 is 0 Å². The molecule has 1 aliphatic heterocycles. The van der Waals surface area contributed by atoms with Crippen LogP contribution in [0.15, 0.2) is 0 Å². The van der Waals surface area contributed by atoms with Crippen molar-refractivity contribution in [3.05, 3.63) is 0 Å². The van der Waals surface area contributed by atoms with Crippen LogP contribution in [0.4, 0.5) is 0 Å². The highest BCUT2D eigenvalue weighted by Gasteiger charge is 2.23. The zero-order valence-electron chi connectivity index (χ0n) is 9.47. The Morgan fingerprint density at radius 3 is 2.21 bits per heavy atom. The van der Waals surface area contributed by atoms with Gasteiger partial charge in [-0.15, -0.1) is 0 Å². The number of hydrogen-bond donors (Lipinski definition) is 1. The van der Waals surface area contributed by atoms with Gasteiger partial charge < -0.3 is 10.2 Å². The lowest BCUT2D eigenvalue weighted by Crippen LogP contribution is -2.56. The summed E-state index contributed by atoms with van der Waals surface area (Å²) in [6.45, 7) is 3.76. The first kappa shape index (κ1) is 10.4. The van der Waals surface area contributed by atoms with Crippen molar-refractivity contribution in [1.82, 2.24) is 10.2 Å². The number of hydrogen-bond acceptors (Lipinski definition) is 2. The molecule has 0 aromatic rings. The number of nitrogens with zero attached hydrogens (tertiary/aromatic N) is 1. The van der Waals surface area contributed by atoms with E-state index in [9.17, 15) is 0 Å². The van der Waals surface area contributed by atoms with Crippen molar-refractivity contribution in [1.29, 1.82) is 0 Å². The third-order valence-corrected chi connectivity index (χ3v) is 3.90. The number of likely N-dealkylation sites (N-methyl/N-ethyl adjacent to an activating group) is 1. The molecule has 2 heteroatoms. The molecule has 0 bridgehead atoms. The molecule has 82 valence electrons. The lowest BCUT2D eigenvalue weighted by Gasteiger charge is -2.37. The Kier molecular flexibility index (Phi) is 3.82. The maximum atomic E-state index is 3.35. The molecule has 2 rings (SSSR count). The SMILES string of the molecule is CN(CC1CCCCCC1)C1CNC1. The van der Waals surface area contributed by atoms with Crippen LogP contribution in [-0.4, -0.2) is 37.6 Å². The maximum absolute atomic E-state index is 3.35. The largest absolute Gasteiger partial charge is 0.314 e. The molecule has 1 N–H and O–H groups in total. The minimum atomic E-state index is 0.832. The van der Waals surface area contributed by atoms with Gasteiger partial charge in [0, 0.05) is 25.7 Å². The third kappa shape index (κ3) is 2.71. The Labute approximate surface area is 88.1 Å². The smallest absolute Gasteiger partial charge is 0.0342 e. The van der Waals surface area contributed by atoms with Crippen LogP contribution in [0.1, 0.15) is 38.5 Å². The first-order valence-corrected chi connectivity index (χ1v) is 6.27. The predicted octanol–water partition coefficient (Wildman–Crippen LogP) is 1.86. The molecule has 0 aromatic carbocycles. The van der Waals surface area contributed by atoms with E-state index in [0.717, 1.165) is 12.0 Å². The van der Waals surface area contributed by atoms with E-state index >= 15 is 0 Å². The second kappa shape index (κ2) is 5.13. The highest BCUT2D eigenvalue weighted by Crippen LogP contribution is 2.24. The highest BCUT2D eigenvalue weighted by atomic mass is 15.2. The molecule has 0 atom stereocenters. The van der Waals surface area contributed by atoms with Gasteiger partial charge in [-0.3, -0.25) is 0 Å². The van der Waals surface area contributed by atoms with Gasteiger partial charge in [0.2, 0.25) is 0 Å². The molecule has 1 aliphatic carbocycles. The zero-order valence-corrected chi connectivity index (χ0v) is 9.47. The second-order valence-corrected chi connectivity index (χ2v) is 5.11. The normalized spacial score (nSPS) is 26.1. The van der Waals surface area contributed by atoms with Crippen LogP contribution in [0.3, 0.4) is 0 Å². The molecule has 14 heavy (non-hydrogen) atoms. The average molecular weight is 196 g/mol. The predicted molar refractivity (Wildman–Crippen MR) is 60.5 cm³/mol. The average Bonchev–Trinajstić information content (AvgIpc) is 2.29. The fraction of sp³-hybridized carbons (Fsp3) is 1.00. The molecular formula is C12H24N2. The van der Waals surface area contributed by atoms with Gasteiger partial charge in [0.1, 0.15) is 0 Å². The van der Waals surface area contributed by atoms with Crippen molar-refractivity contribution in [2.75, 3.05) is 26.7 Å². The van der Waals surface area contributed by atoms with Crippen molar-refractivity contribution >= 4 is 0 Å². The summed E-state index contributed by atoms with van der Waals surface area (Å²) >= 11 is 0. The summed E-state index contributed by atoms with van der Waals surface area (Å²) in [6, 6.07) is 0.832. The molecule has 2 fully saturated rings. The zero-order chi connectivity index (χ0) is 9.80. The molecule has 2 nitrogen and oxygen atoms in total. The van der Waals surface area contributed by atoms with Crippen LogP contribution >= 0.6 is 0 Å². The van der Waals surface area contributed by atoms with Gasteiger partial charge >= 0.3 is 0 Å². The maximum Gasteiger partial charge on any atom is 0.0342 e. The summed E-state index contributed by atoms with van der Waals surface area (Å²) in [6.07, 6.45) is 8.86. The van der Waals surface area contributed by atoms with Crippen molar-refractivity contribution in [2.45, 2.75) is 44.6 Å². The van der Waals surface area contributed by atoms with Gasteiger partial charge in [-0.25, -0.2) is 0 Å². The van der Waals surface area contributed by atoms with Crippen molar-refractivity contribution < 1.29 is 0 Å². The van der Waals surface area contributed by atoms with Gasteiger partial charge in [0.05, 0.1) is 0 Å². The lowest BCUT2D eigenvalue weighted by molar-refractivity contribution is 0.150. The molecule has 1 saturated heterocycles. The van der Waals surface area contributed by atoms with Gasteiger partial charge in [0.15, 0.2) is 0 Å². The van der Waals surface area contributed by atoms with Crippen LogP contribution in [-0.2, 0) is 0 Å². The van der Waals surface area contributed by atoms with Gasteiger partial charge in [0.25, 0.3) is 0 Å². The Morgan fingerprint density at radius 1 is 1.07 bits per heavy atom. The van der Waals surface area contributed by atoms with Crippen LogP contribution in [0.2, 0.25) is 0 Å². The lowest BCUT2D eigenvalue weighted by atomic mass is 9.98. The minimum Gasteiger partial charge on any atom is -0.314 e. The van der Waals surface area contributed by atoms with Crippen molar-refractivity contribution in [3.8, 4) is 0 Å². The topological polar surface area (TPSA) is 15.3 Å². The number of nitrogens with one attached hydrogen (secondary N) is 1. The van der Waals surface area contributed by atoms with E-state index in [1.54, 1.807) is 0 Å². The van der Waals surface area contributed by atoms with Crippen LogP contribution in [0.5, 0.6) is 0 Å². The van der Waals surface area contributed by atoms with E-state index in [-0.39, 0.29) is 0 Å². The number of rotatable bonds is 3. The molecule has 0 unspecified atom stereocenters. The standard InChI is InChI=1S/C12H24N2/c1-14(12-8-13-9-12)10-11-6-4-2-3-5-7-11/h11-13H,2-10H2,1H3.